The number of imide groups is 1. The lowest BCUT2D eigenvalue weighted by molar-refractivity contribution is -0.389. The number of H-pyrrole nitrogens is 1. The van der Waals surface area contributed by atoms with Crippen molar-refractivity contribution in [2.75, 3.05) is 10.2 Å². The minimum Gasteiger partial charge on any atom is -0.542 e. The van der Waals surface area contributed by atoms with Crippen molar-refractivity contribution in [1.82, 2.24) is 0 Å². The molecule has 188 valence electrons. The summed E-state index contributed by atoms with van der Waals surface area (Å²) in [7, 11) is 0. The molecule has 1 aliphatic rings. The molecule has 7 nitrogen and oxygen atoms in total. The van der Waals surface area contributed by atoms with E-state index in [1.54, 1.807) is 36.4 Å². The summed E-state index contributed by atoms with van der Waals surface area (Å²) < 4.78 is 31.5. The van der Waals surface area contributed by atoms with E-state index in [0.29, 0.717) is 33.8 Å². The van der Waals surface area contributed by atoms with Gasteiger partial charge in [0.15, 0.2) is 11.9 Å². The first-order valence-electron chi connectivity index (χ1n) is 10.7. The molecule has 37 heavy (non-hydrogen) atoms. The lowest BCUT2D eigenvalue weighted by Crippen LogP contribution is -2.40. The molecule has 0 bridgehead atoms. The van der Waals surface area contributed by atoms with Crippen molar-refractivity contribution in [2.24, 2.45) is 0 Å². The Kier molecular flexibility index (Phi) is 7.12. The van der Waals surface area contributed by atoms with Gasteiger partial charge in [0.05, 0.1) is 11.3 Å². The summed E-state index contributed by atoms with van der Waals surface area (Å²) in [6, 6.07) is 21.9. The number of aromatic nitrogens is 1. The molecule has 0 saturated carbocycles. The van der Waals surface area contributed by atoms with Crippen molar-refractivity contribution >= 4 is 51.5 Å². The zero-order valence-corrected chi connectivity index (χ0v) is 19.6. The second kappa shape index (κ2) is 10.3. The van der Waals surface area contributed by atoms with Crippen LogP contribution in [-0.2, 0) is 11.3 Å². The van der Waals surface area contributed by atoms with Crippen molar-refractivity contribution in [2.45, 2.75) is 12.7 Å². The van der Waals surface area contributed by atoms with Crippen molar-refractivity contribution in [3.05, 3.63) is 101 Å². The van der Waals surface area contributed by atoms with E-state index in [1.807, 2.05) is 42.6 Å². The van der Waals surface area contributed by atoms with Gasteiger partial charge in [-0.25, -0.2) is 9.88 Å². The summed E-state index contributed by atoms with van der Waals surface area (Å²) in [5, 5.41) is 14.1. The van der Waals surface area contributed by atoms with E-state index in [4.69, 9.17) is 21.5 Å². The maximum absolute atomic E-state index is 13.4. The maximum Gasteiger partial charge on any atom is 0.430 e. The molecular weight excluding hydrogens is 511 g/mol. The molecule has 0 unspecified atom stereocenters. The van der Waals surface area contributed by atoms with E-state index in [2.05, 4.69) is 10.3 Å². The first-order chi connectivity index (χ1) is 17.6. The molecule has 4 aromatic rings. The first-order valence-corrected chi connectivity index (χ1v) is 11.1. The Hall–Kier alpha value is -4.44. The van der Waals surface area contributed by atoms with Crippen LogP contribution in [0.1, 0.15) is 26.4 Å². The molecule has 3 aromatic carbocycles. The van der Waals surface area contributed by atoms with Gasteiger partial charge in [-0.15, -0.1) is 0 Å². The number of pyridine rings is 1. The number of carboxylic acid groups (broad SMARTS) is 1. The summed E-state index contributed by atoms with van der Waals surface area (Å²) in [5.41, 5.74) is 3.27. The summed E-state index contributed by atoms with van der Waals surface area (Å²) in [5.74, 6) is -3.71. The average Bonchev–Trinajstić information content (AvgIpc) is 2.86. The number of nitrogens with one attached hydrogen (secondary N) is 2. The number of rotatable bonds is 4. The third-order valence-corrected chi connectivity index (χ3v) is 5.63. The lowest BCUT2D eigenvalue weighted by Gasteiger charge is -2.27. The van der Waals surface area contributed by atoms with Crippen molar-refractivity contribution in [3.63, 3.8) is 0 Å². The summed E-state index contributed by atoms with van der Waals surface area (Å²) in [4.78, 5) is 39.7. The van der Waals surface area contributed by atoms with Gasteiger partial charge in [-0.3, -0.25) is 9.59 Å². The minimum absolute atomic E-state index is 0.347. The number of carbonyl (C=O) groups is 3. The second-order valence-corrected chi connectivity index (χ2v) is 8.32. The molecule has 2 N–H and O–H groups in total. The number of anilines is 2. The standard InChI is InChI=1S/C24H16ClN3O2.C2HF3O2/c25-16-6-4-8-19(12-16)28-23(29)20-9-3-5-15-11-18(13-21(22(15)20)24(28)30)27-14-17-7-1-2-10-26-17;3-2(4,5)1(6)7/h1-13,27H,14H2;(H,6,7). The van der Waals surface area contributed by atoms with Crippen LogP contribution in [0, 0.1) is 0 Å². The van der Waals surface area contributed by atoms with Gasteiger partial charge in [0.2, 0.25) is 0 Å². The highest BCUT2D eigenvalue weighted by atomic mass is 35.5. The van der Waals surface area contributed by atoms with Crippen molar-refractivity contribution in [1.29, 1.82) is 0 Å². The normalized spacial score (nSPS) is 12.7. The Bertz CT molecular complexity index is 1510. The number of aromatic amines is 1. The summed E-state index contributed by atoms with van der Waals surface area (Å²) >= 11 is 6.10. The molecule has 0 fully saturated rings. The van der Waals surface area contributed by atoms with Crippen LogP contribution in [0.25, 0.3) is 10.8 Å². The molecule has 0 spiro atoms. The Morgan fingerprint density at radius 3 is 2.30 bits per heavy atom. The van der Waals surface area contributed by atoms with Gasteiger partial charge in [0.1, 0.15) is 12.5 Å². The highest BCUT2D eigenvalue weighted by Gasteiger charge is 2.34. The van der Waals surface area contributed by atoms with E-state index >= 15 is 0 Å². The molecule has 0 atom stereocenters. The van der Waals surface area contributed by atoms with Crippen LogP contribution in [0.3, 0.4) is 0 Å². The fourth-order valence-corrected chi connectivity index (χ4v) is 3.98. The van der Waals surface area contributed by atoms with Gasteiger partial charge in [-0.05, 0) is 41.8 Å². The number of aliphatic carboxylic acids is 1. The van der Waals surface area contributed by atoms with Gasteiger partial charge in [0, 0.05) is 33.8 Å². The van der Waals surface area contributed by atoms with Crippen LogP contribution in [0.2, 0.25) is 5.02 Å². The maximum atomic E-state index is 13.4. The third kappa shape index (κ3) is 5.54. The van der Waals surface area contributed by atoms with E-state index in [-0.39, 0.29) is 11.8 Å². The Balaban J connectivity index is 0.000000405. The van der Waals surface area contributed by atoms with E-state index in [0.717, 1.165) is 16.8 Å². The van der Waals surface area contributed by atoms with Crippen LogP contribution in [0.5, 0.6) is 0 Å². The monoisotopic (exact) mass is 527 g/mol. The number of carboxylic acids is 1. The van der Waals surface area contributed by atoms with Crippen LogP contribution in [0.15, 0.2) is 79.0 Å². The zero-order valence-electron chi connectivity index (χ0n) is 18.8. The van der Waals surface area contributed by atoms with Crippen LogP contribution < -0.4 is 20.3 Å². The number of hydrogen-bond donors (Lipinski definition) is 1. The van der Waals surface area contributed by atoms with Gasteiger partial charge in [-0.1, -0.05) is 35.9 Å². The lowest BCUT2D eigenvalue weighted by atomic mass is 9.93. The molecule has 0 aliphatic carbocycles. The fourth-order valence-electron chi connectivity index (χ4n) is 3.80. The molecule has 1 aliphatic heterocycles. The third-order valence-electron chi connectivity index (χ3n) is 5.40. The number of amides is 2. The Labute approximate surface area is 213 Å². The predicted octanol–water partition coefficient (Wildman–Crippen LogP) is 4.02. The Morgan fingerprint density at radius 2 is 1.65 bits per heavy atom. The molecule has 1 aromatic heterocycles. The van der Waals surface area contributed by atoms with E-state index in [9.17, 15) is 22.8 Å². The zero-order chi connectivity index (χ0) is 26.7. The quantitative estimate of drug-likeness (QED) is 0.404. The fraction of sp³-hybridized carbons (Fsp3) is 0.0769. The molecule has 11 heteroatoms. The number of carbonyl (C=O) groups excluding carboxylic acids is 3. The second-order valence-electron chi connectivity index (χ2n) is 7.88. The first kappa shape index (κ1) is 25.6. The van der Waals surface area contributed by atoms with Gasteiger partial charge in [0.25, 0.3) is 11.8 Å². The molecule has 0 saturated heterocycles. The summed E-state index contributed by atoms with van der Waals surface area (Å²) in [6.07, 6.45) is -3.33. The largest absolute Gasteiger partial charge is 0.542 e. The van der Waals surface area contributed by atoms with Gasteiger partial charge < -0.3 is 15.2 Å². The number of halogens is 4. The minimum atomic E-state index is -5.19. The number of alkyl halides is 3. The number of nitrogens with zero attached hydrogens (tertiary/aromatic N) is 1. The van der Waals surface area contributed by atoms with Crippen LogP contribution in [0.4, 0.5) is 24.5 Å². The summed E-state index contributed by atoms with van der Waals surface area (Å²) in [6.45, 7) is 0.580. The molecule has 2 amide bonds. The SMILES string of the molecule is O=C([O-])C(F)(F)F.O=C1c2cccc3cc(NCc4cccc[nH+]4)cc(c23)C(=O)N1c1cccc(Cl)c1. The van der Waals surface area contributed by atoms with Crippen LogP contribution >= 0.6 is 11.6 Å². The topological polar surface area (TPSA) is 104 Å². The number of hydrogen-bond acceptors (Lipinski definition) is 5. The Morgan fingerprint density at radius 1 is 0.946 bits per heavy atom. The van der Waals surface area contributed by atoms with E-state index < -0.39 is 12.1 Å². The van der Waals surface area contributed by atoms with Crippen LogP contribution in [-0.4, -0.2) is 24.0 Å². The van der Waals surface area contributed by atoms with Crippen molar-refractivity contribution in [3.8, 4) is 0 Å². The molecule has 0 radical (unpaired) electrons. The molecule has 2 heterocycles. The average molecular weight is 528 g/mol. The smallest absolute Gasteiger partial charge is 0.430 e. The van der Waals surface area contributed by atoms with Gasteiger partial charge >= 0.3 is 6.18 Å². The predicted molar refractivity (Wildman–Crippen MR) is 128 cm³/mol. The van der Waals surface area contributed by atoms with Crippen molar-refractivity contribution < 1.29 is 37.6 Å². The van der Waals surface area contributed by atoms with Gasteiger partial charge in [-0.2, -0.15) is 13.2 Å². The highest BCUT2D eigenvalue weighted by Crippen LogP contribution is 2.35. The van der Waals surface area contributed by atoms with E-state index in [1.165, 1.54) is 4.90 Å². The number of benzene rings is 3. The molecule has 5 rings (SSSR count). The molecular formula is C26H17ClF3N3O4. The highest BCUT2D eigenvalue weighted by molar-refractivity contribution is 6.36.